The van der Waals surface area contributed by atoms with Gasteiger partial charge in [-0.3, -0.25) is 10.0 Å². The molecule has 0 atom stereocenters. The summed E-state index contributed by atoms with van der Waals surface area (Å²) in [6, 6.07) is 13.5. The van der Waals surface area contributed by atoms with E-state index in [0.29, 0.717) is 37.3 Å². The van der Waals surface area contributed by atoms with Gasteiger partial charge in [0.05, 0.1) is 5.02 Å². The maximum Gasteiger partial charge on any atom is 0.246 e. The molecule has 3 rings (SSSR count). The number of hydrogen-bond donors (Lipinski definition) is 2. The summed E-state index contributed by atoms with van der Waals surface area (Å²) < 4.78 is 28.3. The third-order valence-corrected chi connectivity index (χ3v) is 8.08. The minimum absolute atomic E-state index is 0.0778. The van der Waals surface area contributed by atoms with Crippen molar-refractivity contribution >= 4 is 39.1 Å². The van der Waals surface area contributed by atoms with Gasteiger partial charge < -0.3 is 0 Å². The standard InChI is InChI=1S/C21H24Cl2N2O4S/c22-18-11-7-16(8-12-18)14-25(30(28,29)20-4-2-1-3-19(20)23)13-15-5-9-17(10-6-15)21(26)24-27/h1-4,7-8,11-12,15,17,27H,5-6,9-10,13-14H2,(H,24,26). The Kier molecular flexibility index (Phi) is 7.76. The van der Waals surface area contributed by atoms with Crippen molar-refractivity contribution in [1.82, 2.24) is 9.79 Å². The Morgan fingerprint density at radius 2 is 1.67 bits per heavy atom. The molecular formula is C21H24Cl2N2O4S. The van der Waals surface area contributed by atoms with Crippen LogP contribution in [0.25, 0.3) is 0 Å². The van der Waals surface area contributed by atoms with Gasteiger partial charge in [-0.25, -0.2) is 13.9 Å². The first-order valence-corrected chi connectivity index (χ1v) is 11.9. The van der Waals surface area contributed by atoms with Crippen molar-refractivity contribution in [1.29, 1.82) is 0 Å². The average Bonchev–Trinajstić information content (AvgIpc) is 2.75. The third-order valence-electron chi connectivity index (χ3n) is 5.52. The van der Waals surface area contributed by atoms with Gasteiger partial charge in [-0.15, -0.1) is 0 Å². The van der Waals surface area contributed by atoms with Crippen molar-refractivity contribution in [2.75, 3.05) is 6.54 Å². The summed E-state index contributed by atoms with van der Waals surface area (Å²) >= 11 is 12.2. The summed E-state index contributed by atoms with van der Waals surface area (Å²) in [5, 5.41) is 9.60. The van der Waals surface area contributed by atoms with Crippen LogP contribution >= 0.6 is 23.2 Å². The van der Waals surface area contributed by atoms with Crippen molar-refractivity contribution in [2.24, 2.45) is 11.8 Å². The SMILES string of the molecule is O=C(NO)C1CCC(CN(Cc2ccc(Cl)cc2)S(=O)(=O)c2ccccc2Cl)CC1. The summed E-state index contributed by atoms with van der Waals surface area (Å²) in [6.45, 7) is 0.519. The molecule has 0 saturated heterocycles. The molecule has 9 heteroatoms. The van der Waals surface area contributed by atoms with E-state index in [1.807, 2.05) is 0 Å². The molecule has 0 heterocycles. The molecule has 0 bridgehead atoms. The van der Waals surface area contributed by atoms with Gasteiger partial charge in [-0.05, 0) is 61.4 Å². The lowest BCUT2D eigenvalue weighted by Gasteiger charge is -2.32. The highest BCUT2D eigenvalue weighted by Crippen LogP contribution is 2.32. The predicted molar refractivity (Wildman–Crippen MR) is 116 cm³/mol. The number of hydroxylamine groups is 1. The third kappa shape index (κ3) is 5.53. The topological polar surface area (TPSA) is 86.7 Å². The van der Waals surface area contributed by atoms with E-state index >= 15 is 0 Å². The second-order valence-corrected chi connectivity index (χ2v) is 10.3. The van der Waals surface area contributed by atoms with Crippen LogP contribution < -0.4 is 5.48 Å². The number of sulfonamides is 1. The molecule has 0 radical (unpaired) electrons. The van der Waals surface area contributed by atoms with Crippen LogP contribution in [0.2, 0.25) is 10.0 Å². The monoisotopic (exact) mass is 470 g/mol. The van der Waals surface area contributed by atoms with E-state index in [2.05, 4.69) is 0 Å². The Balaban J connectivity index is 1.82. The molecule has 1 aliphatic carbocycles. The number of nitrogens with zero attached hydrogens (tertiary/aromatic N) is 1. The first kappa shape index (κ1) is 23.0. The zero-order valence-corrected chi connectivity index (χ0v) is 18.6. The fourth-order valence-corrected chi connectivity index (χ4v) is 5.94. The van der Waals surface area contributed by atoms with Crippen LogP contribution in [-0.2, 0) is 21.4 Å². The van der Waals surface area contributed by atoms with E-state index in [9.17, 15) is 13.2 Å². The lowest BCUT2D eigenvalue weighted by molar-refractivity contribution is -0.134. The van der Waals surface area contributed by atoms with Crippen LogP contribution in [0.1, 0.15) is 31.2 Å². The number of amides is 1. The first-order valence-electron chi connectivity index (χ1n) is 9.74. The van der Waals surface area contributed by atoms with Gasteiger partial charge in [0.25, 0.3) is 0 Å². The molecular weight excluding hydrogens is 447 g/mol. The van der Waals surface area contributed by atoms with Crippen molar-refractivity contribution in [2.45, 2.75) is 37.1 Å². The molecule has 6 nitrogen and oxygen atoms in total. The number of benzene rings is 2. The Labute approximate surface area is 186 Å². The van der Waals surface area contributed by atoms with Crippen LogP contribution in [0.15, 0.2) is 53.4 Å². The van der Waals surface area contributed by atoms with E-state index < -0.39 is 10.0 Å². The van der Waals surface area contributed by atoms with Crippen molar-refractivity contribution < 1.29 is 18.4 Å². The minimum Gasteiger partial charge on any atom is -0.289 e. The molecule has 0 spiro atoms. The fraction of sp³-hybridized carbons (Fsp3) is 0.381. The molecule has 2 N–H and O–H groups in total. The summed E-state index contributed by atoms with van der Waals surface area (Å²) in [4.78, 5) is 11.7. The van der Waals surface area contributed by atoms with Gasteiger partial charge in [0.1, 0.15) is 4.90 Å². The molecule has 0 unspecified atom stereocenters. The van der Waals surface area contributed by atoms with Gasteiger partial charge in [0, 0.05) is 24.0 Å². The van der Waals surface area contributed by atoms with Gasteiger partial charge >= 0.3 is 0 Å². The molecule has 1 amide bonds. The molecule has 1 fully saturated rings. The highest BCUT2D eigenvalue weighted by atomic mass is 35.5. The molecule has 2 aromatic rings. The lowest BCUT2D eigenvalue weighted by Crippen LogP contribution is -2.38. The normalized spacial score (nSPS) is 19.6. The Morgan fingerprint density at radius 1 is 1.03 bits per heavy atom. The van der Waals surface area contributed by atoms with Gasteiger partial charge in [-0.1, -0.05) is 47.5 Å². The van der Waals surface area contributed by atoms with Crippen molar-refractivity contribution in [3.8, 4) is 0 Å². The molecule has 30 heavy (non-hydrogen) atoms. The highest BCUT2D eigenvalue weighted by molar-refractivity contribution is 7.89. The number of nitrogens with one attached hydrogen (secondary N) is 1. The quantitative estimate of drug-likeness (QED) is 0.460. The minimum atomic E-state index is -3.82. The van der Waals surface area contributed by atoms with Crippen LogP contribution in [0.5, 0.6) is 0 Å². The van der Waals surface area contributed by atoms with Crippen molar-refractivity contribution in [3.05, 3.63) is 64.1 Å². The van der Waals surface area contributed by atoms with Crippen LogP contribution in [0.3, 0.4) is 0 Å². The maximum atomic E-state index is 13.4. The average molecular weight is 471 g/mol. The van der Waals surface area contributed by atoms with Gasteiger partial charge in [-0.2, -0.15) is 4.31 Å². The largest absolute Gasteiger partial charge is 0.289 e. The second-order valence-electron chi connectivity index (χ2n) is 7.55. The maximum absolute atomic E-state index is 13.4. The van der Waals surface area contributed by atoms with E-state index in [1.54, 1.807) is 47.9 Å². The zero-order chi connectivity index (χ0) is 21.7. The number of halogens is 2. The molecule has 1 saturated carbocycles. The van der Waals surface area contributed by atoms with Crippen LogP contribution in [-0.4, -0.2) is 30.4 Å². The van der Waals surface area contributed by atoms with Crippen LogP contribution in [0.4, 0.5) is 0 Å². The molecule has 2 aromatic carbocycles. The second kappa shape index (κ2) is 10.1. The van der Waals surface area contributed by atoms with E-state index in [0.717, 1.165) is 5.56 Å². The number of carbonyl (C=O) groups excluding carboxylic acids is 1. The first-order chi connectivity index (χ1) is 14.3. The predicted octanol–water partition coefficient (Wildman–Crippen LogP) is 4.50. The number of carbonyl (C=O) groups is 1. The van der Waals surface area contributed by atoms with E-state index in [4.69, 9.17) is 28.4 Å². The molecule has 1 aliphatic rings. The summed E-state index contributed by atoms with van der Waals surface area (Å²) in [7, 11) is -3.82. The summed E-state index contributed by atoms with van der Waals surface area (Å²) in [5.74, 6) is -0.511. The lowest BCUT2D eigenvalue weighted by atomic mass is 9.81. The van der Waals surface area contributed by atoms with Gasteiger partial charge in [0.2, 0.25) is 15.9 Å². The molecule has 162 valence electrons. The Morgan fingerprint density at radius 3 is 2.27 bits per heavy atom. The number of rotatable bonds is 7. The Bertz CT molecular complexity index is 975. The molecule has 0 aliphatic heterocycles. The fourth-order valence-electron chi connectivity index (χ4n) is 3.82. The summed E-state index contributed by atoms with van der Waals surface area (Å²) in [6.07, 6.45) is 2.62. The van der Waals surface area contributed by atoms with E-state index in [-0.39, 0.29) is 34.2 Å². The van der Waals surface area contributed by atoms with E-state index in [1.165, 1.54) is 10.4 Å². The zero-order valence-electron chi connectivity index (χ0n) is 16.3. The van der Waals surface area contributed by atoms with Crippen LogP contribution in [0, 0.1) is 11.8 Å². The van der Waals surface area contributed by atoms with Gasteiger partial charge in [0.15, 0.2) is 0 Å². The number of hydrogen-bond acceptors (Lipinski definition) is 4. The summed E-state index contributed by atoms with van der Waals surface area (Å²) in [5.41, 5.74) is 2.53. The van der Waals surface area contributed by atoms with Crippen molar-refractivity contribution in [3.63, 3.8) is 0 Å². The molecule has 0 aromatic heterocycles. The Hall–Kier alpha value is -1.64. The smallest absolute Gasteiger partial charge is 0.246 e. The highest BCUT2D eigenvalue weighted by Gasteiger charge is 2.32.